The van der Waals surface area contributed by atoms with Crippen molar-refractivity contribution in [1.29, 1.82) is 0 Å². The lowest BCUT2D eigenvalue weighted by atomic mass is 10.2. The molecule has 1 saturated heterocycles. The molecule has 3 aromatic heterocycles. The van der Waals surface area contributed by atoms with E-state index in [1.54, 1.807) is 17.1 Å². The lowest BCUT2D eigenvalue weighted by molar-refractivity contribution is 0.0931. The molecule has 3 atom stereocenters. The number of anilines is 1. The first-order valence-electron chi connectivity index (χ1n) is 11.2. The number of rotatable bonds is 6. The zero-order chi connectivity index (χ0) is 22.7. The number of hydrogen-bond donors (Lipinski definition) is 1. The number of aromatic nitrogens is 6. The molecule has 172 valence electrons. The molecule has 4 heterocycles. The number of hydrogen-bond acceptors (Lipinski definition) is 6. The molecule has 1 aliphatic heterocycles. The van der Waals surface area contributed by atoms with Gasteiger partial charge in [-0.2, -0.15) is 0 Å². The summed E-state index contributed by atoms with van der Waals surface area (Å²) in [7, 11) is 1.94. The number of aryl methyl sites for hydroxylation is 1. The topological polar surface area (TPSA) is 93.8 Å². The van der Waals surface area contributed by atoms with Gasteiger partial charge in [0.15, 0.2) is 0 Å². The molecule has 3 aromatic rings. The Labute approximate surface area is 188 Å². The predicted molar refractivity (Wildman–Crippen MR) is 114 cm³/mol. The van der Waals surface area contributed by atoms with Gasteiger partial charge >= 0.3 is 0 Å². The van der Waals surface area contributed by atoms with E-state index in [1.807, 2.05) is 16.5 Å². The van der Waals surface area contributed by atoms with Gasteiger partial charge in [0.1, 0.15) is 11.4 Å². The van der Waals surface area contributed by atoms with E-state index in [4.69, 9.17) is 0 Å². The average Bonchev–Trinajstić information content (AvgIpc) is 3.27. The molecule has 9 nitrogen and oxygen atoms in total. The summed E-state index contributed by atoms with van der Waals surface area (Å²) in [5.74, 6) is 1.38. The zero-order valence-corrected chi connectivity index (χ0v) is 18.2. The van der Waals surface area contributed by atoms with Gasteiger partial charge < -0.3 is 19.4 Å². The van der Waals surface area contributed by atoms with Crippen LogP contribution in [0.2, 0.25) is 0 Å². The van der Waals surface area contributed by atoms with Crippen LogP contribution in [0.3, 0.4) is 0 Å². The van der Waals surface area contributed by atoms with Crippen molar-refractivity contribution in [2.24, 2.45) is 18.9 Å². The van der Waals surface area contributed by atoms with Crippen LogP contribution >= 0.6 is 0 Å². The molecule has 3 aliphatic rings. The second kappa shape index (κ2) is 7.60. The van der Waals surface area contributed by atoms with Crippen LogP contribution < -0.4 is 10.2 Å². The molecule has 2 aliphatic carbocycles. The third-order valence-corrected chi connectivity index (χ3v) is 6.97. The van der Waals surface area contributed by atoms with Gasteiger partial charge in [-0.1, -0.05) is 0 Å². The molecule has 33 heavy (non-hydrogen) atoms. The van der Waals surface area contributed by atoms with E-state index in [0.717, 1.165) is 37.3 Å². The van der Waals surface area contributed by atoms with Gasteiger partial charge in [0.05, 0.1) is 30.9 Å². The molecule has 0 radical (unpaired) electrons. The van der Waals surface area contributed by atoms with E-state index in [-0.39, 0.29) is 29.9 Å². The van der Waals surface area contributed by atoms with Crippen molar-refractivity contribution in [3.63, 3.8) is 0 Å². The van der Waals surface area contributed by atoms with Crippen LogP contribution in [-0.4, -0.2) is 48.1 Å². The minimum Gasteiger partial charge on any atom is -0.342 e. The molecule has 1 N–H and O–H groups in total. The Hall–Kier alpha value is -3.37. The third-order valence-electron chi connectivity index (χ3n) is 6.97. The fraction of sp³-hybridized carbons (Fsp3) is 0.500. The molecule has 0 spiro atoms. The molecule has 1 saturated carbocycles. The zero-order valence-electron chi connectivity index (χ0n) is 18.2. The Morgan fingerprint density at radius 1 is 1.21 bits per heavy atom. The van der Waals surface area contributed by atoms with Gasteiger partial charge in [-0.05, 0) is 31.1 Å². The smallest absolute Gasteiger partial charge is 0.280 e. The maximum atomic E-state index is 13.8. The number of alkyl halides is 2. The van der Waals surface area contributed by atoms with Crippen molar-refractivity contribution < 1.29 is 13.6 Å². The highest BCUT2D eigenvalue weighted by Gasteiger charge is 2.46. The highest BCUT2D eigenvalue weighted by atomic mass is 19.3. The molecule has 11 heteroatoms. The molecule has 1 amide bonds. The van der Waals surface area contributed by atoms with Gasteiger partial charge in [0, 0.05) is 43.8 Å². The van der Waals surface area contributed by atoms with Crippen LogP contribution in [0.15, 0.2) is 25.0 Å². The Balaban J connectivity index is 1.15. The number of carbonyl (C=O) groups excluding carboxylic acids is 1. The van der Waals surface area contributed by atoms with Gasteiger partial charge in [0.2, 0.25) is 5.95 Å². The molecule has 2 fully saturated rings. The fourth-order valence-corrected chi connectivity index (χ4v) is 5.06. The van der Waals surface area contributed by atoms with E-state index in [1.165, 1.54) is 18.9 Å². The van der Waals surface area contributed by atoms with Gasteiger partial charge in [-0.3, -0.25) is 4.79 Å². The van der Waals surface area contributed by atoms with Crippen LogP contribution in [0.5, 0.6) is 0 Å². The van der Waals surface area contributed by atoms with Gasteiger partial charge in [0.25, 0.3) is 12.3 Å². The maximum Gasteiger partial charge on any atom is 0.280 e. The highest BCUT2D eigenvalue weighted by molar-refractivity contribution is 5.92. The summed E-state index contributed by atoms with van der Waals surface area (Å²) in [6, 6.07) is -0.151. The largest absolute Gasteiger partial charge is 0.342 e. The average molecular weight is 454 g/mol. The summed E-state index contributed by atoms with van der Waals surface area (Å²) in [5.41, 5.74) is 2.29. The molecule has 0 bridgehead atoms. The molecular formula is C22H24F2N8O. The number of nitrogens with one attached hydrogen (secondary N) is 1. The minimum atomic E-state index is -2.71. The number of halogens is 2. The molecule has 6 rings (SSSR count). The standard InChI is InChI=1S/C22H24F2N8O/c1-30-10-27-19-15(2-3-17(19)30)28-21(33)16-9-31(11-26-16)6-14-5-25-22(29-18(14)20(23)24)32-7-12-4-13(12)8-32/h5,9-13,15,20H,2-4,6-8H2,1H3,(H,28,33)/t12?,13?,15-/m1/s1. The first kappa shape index (κ1) is 20.3. The summed E-state index contributed by atoms with van der Waals surface area (Å²) < 4.78 is 31.1. The van der Waals surface area contributed by atoms with Crippen LogP contribution in [0, 0.1) is 11.8 Å². The summed E-state index contributed by atoms with van der Waals surface area (Å²) >= 11 is 0. The van der Waals surface area contributed by atoms with Crippen molar-refractivity contribution in [3.05, 3.63) is 53.4 Å². The van der Waals surface area contributed by atoms with Crippen LogP contribution in [0.1, 0.15) is 58.4 Å². The van der Waals surface area contributed by atoms with Crippen molar-refractivity contribution in [1.82, 2.24) is 34.4 Å². The monoisotopic (exact) mass is 454 g/mol. The first-order valence-corrected chi connectivity index (χ1v) is 11.2. The quantitative estimate of drug-likeness (QED) is 0.614. The van der Waals surface area contributed by atoms with Crippen LogP contribution in [0.25, 0.3) is 0 Å². The van der Waals surface area contributed by atoms with E-state index in [9.17, 15) is 13.6 Å². The second-order valence-corrected chi connectivity index (χ2v) is 9.23. The second-order valence-electron chi connectivity index (χ2n) is 9.23. The molecular weight excluding hydrogens is 430 g/mol. The summed E-state index contributed by atoms with van der Waals surface area (Å²) in [6.45, 7) is 1.79. The maximum absolute atomic E-state index is 13.8. The number of fused-ring (bicyclic) bond motifs is 2. The summed E-state index contributed by atoms with van der Waals surface area (Å²) in [6.07, 6.45) is 6.40. The Morgan fingerprint density at radius 3 is 2.82 bits per heavy atom. The Morgan fingerprint density at radius 2 is 2.03 bits per heavy atom. The predicted octanol–water partition coefficient (Wildman–Crippen LogP) is 2.27. The third kappa shape index (κ3) is 3.65. The normalized spacial score (nSPS) is 23.2. The molecule has 2 unspecified atom stereocenters. The van der Waals surface area contributed by atoms with E-state index in [0.29, 0.717) is 23.3 Å². The van der Waals surface area contributed by atoms with Crippen molar-refractivity contribution in [2.45, 2.75) is 38.3 Å². The van der Waals surface area contributed by atoms with Crippen molar-refractivity contribution in [2.75, 3.05) is 18.0 Å². The minimum absolute atomic E-state index is 0.110. The first-order chi connectivity index (χ1) is 16.0. The van der Waals surface area contributed by atoms with Crippen LogP contribution in [0.4, 0.5) is 14.7 Å². The lowest BCUT2D eigenvalue weighted by Crippen LogP contribution is -2.27. The Bertz CT molecular complexity index is 1210. The summed E-state index contributed by atoms with van der Waals surface area (Å²) in [5, 5.41) is 2.98. The number of nitrogens with zero attached hydrogens (tertiary/aromatic N) is 7. The molecule has 0 aromatic carbocycles. The van der Waals surface area contributed by atoms with Gasteiger partial charge in [-0.25, -0.2) is 28.7 Å². The number of amides is 1. The Kier molecular flexibility index (Phi) is 4.66. The fourth-order valence-electron chi connectivity index (χ4n) is 5.06. The number of imidazole rings is 2. The van der Waals surface area contributed by atoms with E-state index >= 15 is 0 Å². The van der Waals surface area contributed by atoms with E-state index < -0.39 is 6.43 Å². The summed E-state index contributed by atoms with van der Waals surface area (Å²) in [4.78, 5) is 31.8. The highest BCUT2D eigenvalue weighted by Crippen LogP contribution is 2.45. The number of carbonyl (C=O) groups is 1. The van der Waals surface area contributed by atoms with Gasteiger partial charge in [-0.15, -0.1) is 0 Å². The van der Waals surface area contributed by atoms with E-state index in [2.05, 4.69) is 25.3 Å². The SMILES string of the molecule is Cn1cnc2c1CC[C@H]2NC(=O)c1cn(Cc2cnc(N3CC4CC4C3)nc2C(F)F)cn1. The van der Waals surface area contributed by atoms with Crippen molar-refractivity contribution >= 4 is 11.9 Å². The lowest BCUT2D eigenvalue weighted by Gasteiger charge is -2.19. The van der Waals surface area contributed by atoms with Crippen LogP contribution in [-0.2, 0) is 20.0 Å². The van der Waals surface area contributed by atoms with Crippen molar-refractivity contribution in [3.8, 4) is 0 Å². The number of piperidine rings is 1.